The summed E-state index contributed by atoms with van der Waals surface area (Å²) in [5, 5.41) is 3.19. The molecule has 0 aliphatic carbocycles. The first-order chi connectivity index (χ1) is 8.63. The summed E-state index contributed by atoms with van der Waals surface area (Å²) in [6, 6.07) is 7.82. The zero-order valence-corrected chi connectivity index (χ0v) is 10.9. The van der Waals surface area contributed by atoms with Crippen LogP contribution < -0.4 is 5.32 Å². The summed E-state index contributed by atoms with van der Waals surface area (Å²) in [6.45, 7) is 4.39. The minimum atomic E-state index is -0.223. The molecule has 1 aromatic carbocycles. The monoisotopic (exact) mass is 249 g/mol. The van der Waals surface area contributed by atoms with Gasteiger partial charge in [-0.2, -0.15) is 0 Å². The van der Waals surface area contributed by atoms with Gasteiger partial charge in [0.15, 0.2) is 0 Å². The molecule has 98 valence electrons. The maximum atomic E-state index is 11.3. The van der Waals surface area contributed by atoms with E-state index in [-0.39, 0.29) is 11.6 Å². The standard InChI is InChI=1S/C14H19NO3/c1-14(9-15-10-14)18-8-12-6-4-3-5-11(12)7-13(16)17-2/h3-6,15H,7-10H2,1-2H3. The molecular formula is C14H19NO3. The minimum absolute atomic E-state index is 0.0711. The Balaban J connectivity index is 2.00. The first-order valence-corrected chi connectivity index (χ1v) is 6.11. The molecule has 0 amide bonds. The first-order valence-electron chi connectivity index (χ1n) is 6.11. The van der Waals surface area contributed by atoms with Crippen molar-refractivity contribution >= 4 is 5.97 Å². The summed E-state index contributed by atoms with van der Waals surface area (Å²) in [7, 11) is 1.41. The molecule has 1 fully saturated rings. The van der Waals surface area contributed by atoms with Crippen LogP contribution in [-0.4, -0.2) is 31.8 Å². The van der Waals surface area contributed by atoms with Crippen LogP contribution in [0.1, 0.15) is 18.1 Å². The number of benzene rings is 1. The quantitative estimate of drug-likeness (QED) is 0.799. The van der Waals surface area contributed by atoms with E-state index in [0.717, 1.165) is 24.2 Å². The van der Waals surface area contributed by atoms with E-state index in [2.05, 4.69) is 12.2 Å². The van der Waals surface area contributed by atoms with Crippen molar-refractivity contribution in [2.45, 2.75) is 25.6 Å². The Kier molecular flexibility index (Phi) is 3.99. The molecule has 1 heterocycles. The normalized spacial score (nSPS) is 17.0. The highest BCUT2D eigenvalue weighted by Gasteiger charge is 2.32. The highest BCUT2D eigenvalue weighted by Crippen LogP contribution is 2.19. The number of methoxy groups -OCH3 is 1. The van der Waals surface area contributed by atoms with Crippen molar-refractivity contribution in [2.75, 3.05) is 20.2 Å². The number of nitrogens with one attached hydrogen (secondary N) is 1. The summed E-state index contributed by atoms with van der Waals surface area (Å²) in [6.07, 6.45) is 0.297. The molecule has 2 rings (SSSR count). The molecule has 0 unspecified atom stereocenters. The Morgan fingerprint density at radius 2 is 2.00 bits per heavy atom. The average Bonchev–Trinajstić information content (AvgIpc) is 2.35. The molecule has 0 atom stereocenters. The minimum Gasteiger partial charge on any atom is -0.469 e. The van der Waals surface area contributed by atoms with Crippen LogP contribution in [0.2, 0.25) is 0 Å². The van der Waals surface area contributed by atoms with Crippen molar-refractivity contribution in [1.82, 2.24) is 5.32 Å². The van der Waals surface area contributed by atoms with Crippen LogP contribution in [0, 0.1) is 0 Å². The molecule has 1 aliphatic rings. The van der Waals surface area contributed by atoms with E-state index < -0.39 is 0 Å². The van der Waals surface area contributed by atoms with Crippen LogP contribution in [0.4, 0.5) is 0 Å². The Hall–Kier alpha value is -1.39. The van der Waals surface area contributed by atoms with Gasteiger partial charge in [-0.05, 0) is 18.1 Å². The van der Waals surface area contributed by atoms with E-state index in [4.69, 9.17) is 9.47 Å². The molecule has 0 bridgehead atoms. The SMILES string of the molecule is COC(=O)Cc1ccccc1COC1(C)CNC1. The van der Waals surface area contributed by atoms with Gasteiger partial charge in [0.2, 0.25) is 0 Å². The van der Waals surface area contributed by atoms with Crippen molar-refractivity contribution in [2.24, 2.45) is 0 Å². The molecule has 1 saturated heterocycles. The largest absolute Gasteiger partial charge is 0.469 e. The predicted octanol–water partition coefficient (Wildman–Crippen LogP) is 1.28. The van der Waals surface area contributed by atoms with Gasteiger partial charge in [-0.15, -0.1) is 0 Å². The van der Waals surface area contributed by atoms with Gasteiger partial charge < -0.3 is 14.8 Å². The van der Waals surface area contributed by atoms with E-state index in [9.17, 15) is 4.79 Å². The zero-order valence-electron chi connectivity index (χ0n) is 10.9. The maximum Gasteiger partial charge on any atom is 0.309 e. The van der Waals surface area contributed by atoms with Crippen molar-refractivity contribution in [3.63, 3.8) is 0 Å². The topological polar surface area (TPSA) is 47.6 Å². The lowest BCUT2D eigenvalue weighted by molar-refractivity contribution is -0.139. The smallest absolute Gasteiger partial charge is 0.309 e. The second-order valence-corrected chi connectivity index (χ2v) is 4.86. The van der Waals surface area contributed by atoms with Gasteiger partial charge in [0.25, 0.3) is 0 Å². The number of ether oxygens (including phenoxy) is 2. The van der Waals surface area contributed by atoms with Gasteiger partial charge in [-0.1, -0.05) is 24.3 Å². The zero-order chi connectivity index (χ0) is 13.0. The third kappa shape index (κ3) is 3.09. The summed E-state index contributed by atoms with van der Waals surface area (Å²) >= 11 is 0. The molecule has 0 aromatic heterocycles. The Morgan fingerprint density at radius 3 is 2.56 bits per heavy atom. The number of carbonyl (C=O) groups is 1. The van der Waals surface area contributed by atoms with Gasteiger partial charge >= 0.3 is 5.97 Å². The van der Waals surface area contributed by atoms with Crippen LogP contribution in [0.3, 0.4) is 0 Å². The summed E-state index contributed by atoms with van der Waals surface area (Å²) in [5.41, 5.74) is 1.95. The third-order valence-electron chi connectivity index (χ3n) is 3.25. The lowest BCUT2D eigenvalue weighted by atomic mass is 9.99. The van der Waals surface area contributed by atoms with Gasteiger partial charge in [-0.25, -0.2) is 0 Å². The van der Waals surface area contributed by atoms with Crippen molar-refractivity contribution in [3.05, 3.63) is 35.4 Å². The highest BCUT2D eigenvalue weighted by atomic mass is 16.5. The van der Waals surface area contributed by atoms with Crippen molar-refractivity contribution in [1.29, 1.82) is 0 Å². The molecule has 1 aliphatic heterocycles. The van der Waals surface area contributed by atoms with Crippen molar-refractivity contribution in [3.8, 4) is 0 Å². The van der Waals surface area contributed by atoms with Gasteiger partial charge in [0.1, 0.15) is 0 Å². The van der Waals surface area contributed by atoms with Gasteiger partial charge in [0.05, 0.1) is 25.7 Å². The lowest BCUT2D eigenvalue weighted by Gasteiger charge is -2.39. The number of carbonyl (C=O) groups excluding carboxylic acids is 1. The molecule has 0 spiro atoms. The average molecular weight is 249 g/mol. The molecule has 18 heavy (non-hydrogen) atoms. The molecule has 1 aromatic rings. The van der Waals surface area contributed by atoms with Crippen LogP contribution in [0.5, 0.6) is 0 Å². The highest BCUT2D eigenvalue weighted by molar-refractivity contribution is 5.72. The van der Waals surface area contributed by atoms with E-state index in [1.165, 1.54) is 7.11 Å². The fraction of sp³-hybridized carbons (Fsp3) is 0.500. The molecular weight excluding hydrogens is 230 g/mol. The van der Waals surface area contributed by atoms with Gasteiger partial charge in [0, 0.05) is 13.1 Å². The van der Waals surface area contributed by atoms with Crippen LogP contribution in [0.15, 0.2) is 24.3 Å². The molecule has 4 heteroatoms. The summed E-state index contributed by atoms with van der Waals surface area (Å²) < 4.78 is 10.6. The van der Waals surface area contributed by atoms with E-state index >= 15 is 0 Å². The third-order valence-corrected chi connectivity index (χ3v) is 3.25. The summed E-state index contributed by atoms with van der Waals surface area (Å²) in [5.74, 6) is -0.223. The summed E-state index contributed by atoms with van der Waals surface area (Å²) in [4.78, 5) is 11.3. The predicted molar refractivity (Wildman–Crippen MR) is 68.2 cm³/mol. The fourth-order valence-corrected chi connectivity index (χ4v) is 1.93. The second kappa shape index (κ2) is 5.50. The Bertz CT molecular complexity index is 427. The van der Waals surface area contributed by atoms with Crippen molar-refractivity contribution < 1.29 is 14.3 Å². The van der Waals surface area contributed by atoms with E-state index in [0.29, 0.717) is 13.0 Å². The first kappa shape index (κ1) is 13.1. The number of hydrogen-bond acceptors (Lipinski definition) is 4. The Labute approximate surface area is 107 Å². The number of hydrogen-bond donors (Lipinski definition) is 1. The molecule has 4 nitrogen and oxygen atoms in total. The van der Waals surface area contributed by atoms with Crippen LogP contribution in [0.25, 0.3) is 0 Å². The maximum absolute atomic E-state index is 11.3. The van der Waals surface area contributed by atoms with Crippen LogP contribution in [-0.2, 0) is 27.3 Å². The van der Waals surface area contributed by atoms with E-state index in [1.54, 1.807) is 0 Å². The molecule has 1 N–H and O–H groups in total. The number of rotatable bonds is 5. The van der Waals surface area contributed by atoms with Gasteiger partial charge in [-0.3, -0.25) is 4.79 Å². The lowest BCUT2D eigenvalue weighted by Crippen LogP contribution is -2.58. The molecule has 0 radical (unpaired) electrons. The second-order valence-electron chi connectivity index (χ2n) is 4.86. The van der Waals surface area contributed by atoms with Crippen LogP contribution >= 0.6 is 0 Å². The fourth-order valence-electron chi connectivity index (χ4n) is 1.93. The van der Waals surface area contributed by atoms with E-state index in [1.807, 2.05) is 24.3 Å². The number of esters is 1. The molecule has 0 saturated carbocycles. The Morgan fingerprint density at radius 1 is 1.33 bits per heavy atom.